The van der Waals surface area contributed by atoms with Gasteiger partial charge in [-0.15, -0.1) is 0 Å². The van der Waals surface area contributed by atoms with E-state index in [9.17, 15) is 4.21 Å². The number of methoxy groups -OCH3 is 1. The fourth-order valence-electron chi connectivity index (χ4n) is 1.96. The second kappa shape index (κ2) is 9.23. The predicted octanol–water partition coefficient (Wildman–Crippen LogP) is 2.42. The van der Waals surface area contributed by atoms with E-state index in [0.29, 0.717) is 18.1 Å². The van der Waals surface area contributed by atoms with E-state index in [1.165, 1.54) is 5.56 Å². The van der Waals surface area contributed by atoms with E-state index in [4.69, 9.17) is 10.5 Å². The van der Waals surface area contributed by atoms with Crippen LogP contribution in [-0.4, -0.2) is 29.4 Å². The van der Waals surface area contributed by atoms with E-state index >= 15 is 0 Å². The van der Waals surface area contributed by atoms with E-state index < -0.39 is 10.8 Å². The van der Waals surface area contributed by atoms with Crippen molar-refractivity contribution in [1.29, 1.82) is 0 Å². The largest absolute Gasteiger partial charge is 0.385 e. The second-order valence-corrected chi connectivity index (χ2v) is 6.38. The maximum absolute atomic E-state index is 11.8. The van der Waals surface area contributed by atoms with Crippen LogP contribution in [-0.2, 0) is 22.0 Å². The van der Waals surface area contributed by atoms with Gasteiger partial charge in [-0.2, -0.15) is 0 Å². The van der Waals surface area contributed by atoms with Gasteiger partial charge in [-0.25, -0.2) is 0 Å². The van der Waals surface area contributed by atoms with Crippen LogP contribution in [0.4, 0.5) is 0 Å². The first-order chi connectivity index (χ1) is 9.17. The molecule has 2 N–H and O–H groups in total. The topological polar surface area (TPSA) is 52.3 Å². The molecule has 108 valence electrons. The van der Waals surface area contributed by atoms with Gasteiger partial charge in [0, 0.05) is 42.1 Å². The Labute approximate surface area is 119 Å². The van der Waals surface area contributed by atoms with E-state index in [1.54, 1.807) is 7.11 Å². The van der Waals surface area contributed by atoms with E-state index in [-0.39, 0.29) is 6.04 Å². The van der Waals surface area contributed by atoms with Gasteiger partial charge < -0.3 is 10.5 Å². The summed E-state index contributed by atoms with van der Waals surface area (Å²) >= 11 is 0. The van der Waals surface area contributed by atoms with Gasteiger partial charge in [0.05, 0.1) is 0 Å². The molecule has 4 heteroatoms. The Morgan fingerprint density at radius 2 is 2.00 bits per heavy atom. The SMILES string of the molecule is CCCc1ccc(C(N)CS(=O)CCCOC)cc1. The molecule has 19 heavy (non-hydrogen) atoms. The monoisotopic (exact) mass is 283 g/mol. The first-order valence-corrected chi connectivity index (χ1v) is 8.34. The normalized spacial score (nSPS) is 14.3. The molecule has 2 unspecified atom stereocenters. The Kier molecular flexibility index (Phi) is 7.94. The van der Waals surface area contributed by atoms with Gasteiger partial charge in [0.1, 0.15) is 0 Å². The molecule has 0 aliphatic heterocycles. The Morgan fingerprint density at radius 3 is 2.58 bits per heavy atom. The molecule has 1 aromatic rings. The number of benzene rings is 1. The smallest absolute Gasteiger partial charge is 0.0471 e. The number of hydrogen-bond acceptors (Lipinski definition) is 3. The zero-order valence-corrected chi connectivity index (χ0v) is 12.7. The molecule has 3 nitrogen and oxygen atoms in total. The third-order valence-electron chi connectivity index (χ3n) is 3.03. The Bertz CT molecular complexity index is 378. The molecule has 0 heterocycles. The lowest BCUT2D eigenvalue weighted by molar-refractivity contribution is 0.200. The van der Waals surface area contributed by atoms with Gasteiger partial charge >= 0.3 is 0 Å². The summed E-state index contributed by atoms with van der Waals surface area (Å²) in [5.41, 5.74) is 8.50. The summed E-state index contributed by atoms with van der Waals surface area (Å²) in [6.07, 6.45) is 3.07. The van der Waals surface area contributed by atoms with Crippen LogP contribution in [0.1, 0.15) is 36.9 Å². The third kappa shape index (κ3) is 6.32. The summed E-state index contributed by atoms with van der Waals surface area (Å²) in [5.74, 6) is 1.19. The van der Waals surface area contributed by atoms with Crippen molar-refractivity contribution in [1.82, 2.24) is 0 Å². The molecule has 0 aromatic heterocycles. The average Bonchev–Trinajstić information content (AvgIpc) is 2.40. The molecule has 0 aliphatic rings. The van der Waals surface area contributed by atoms with E-state index in [1.807, 2.05) is 0 Å². The Morgan fingerprint density at radius 1 is 1.32 bits per heavy atom. The fraction of sp³-hybridized carbons (Fsp3) is 0.600. The number of hydrogen-bond donors (Lipinski definition) is 1. The maximum Gasteiger partial charge on any atom is 0.0471 e. The van der Waals surface area contributed by atoms with Gasteiger partial charge in [-0.3, -0.25) is 4.21 Å². The Balaban J connectivity index is 2.43. The van der Waals surface area contributed by atoms with Crippen molar-refractivity contribution >= 4 is 10.8 Å². The minimum Gasteiger partial charge on any atom is -0.385 e. The summed E-state index contributed by atoms with van der Waals surface area (Å²) in [7, 11) is 0.793. The van der Waals surface area contributed by atoms with Gasteiger partial charge in [0.15, 0.2) is 0 Å². The number of ether oxygens (including phenoxy) is 1. The quantitative estimate of drug-likeness (QED) is 0.708. The van der Waals surface area contributed by atoms with Crippen LogP contribution in [0, 0.1) is 0 Å². The lowest BCUT2D eigenvalue weighted by atomic mass is 10.0. The molecule has 2 atom stereocenters. The summed E-state index contributed by atoms with van der Waals surface area (Å²) in [4.78, 5) is 0. The summed E-state index contributed by atoms with van der Waals surface area (Å²) in [5, 5.41) is 0. The highest BCUT2D eigenvalue weighted by molar-refractivity contribution is 7.85. The highest BCUT2D eigenvalue weighted by Crippen LogP contribution is 2.14. The predicted molar refractivity (Wildman–Crippen MR) is 81.7 cm³/mol. The Hall–Kier alpha value is -0.710. The van der Waals surface area contributed by atoms with Gasteiger partial charge in [0.2, 0.25) is 0 Å². The van der Waals surface area contributed by atoms with Crippen LogP contribution in [0.5, 0.6) is 0 Å². The molecule has 1 rings (SSSR count). The van der Waals surface area contributed by atoms with Crippen LogP contribution in [0.25, 0.3) is 0 Å². The average molecular weight is 283 g/mol. The van der Waals surface area contributed by atoms with Crippen molar-refractivity contribution in [3.63, 3.8) is 0 Å². The van der Waals surface area contributed by atoms with Crippen LogP contribution in [0.3, 0.4) is 0 Å². The van der Waals surface area contributed by atoms with Crippen molar-refractivity contribution in [2.75, 3.05) is 25.2 Å². The lowest BCUT2D eigenvalue weighted by Crippen LogP contribution is -2.20. The lowest BCUT2D eigenvalue weighted by Gasteiger charge is -2.12. The molecule has 0 aliphatic carbocycles. The van der Waals surface area contributed by atoms with E-state index in [2.05, 4.69) is 31.2 Å². The van der Waals surface area contributed by atoms with Crippen molar-refractivity contribution in [3.8, 4) is 0 Å². The first-order valence-electron chi connectivity index (χ1n) is 6.85. The van der Waals surface area contributed by atoms with Crippen molar-refractivity contribution in [3.05, 3.63) is 35.4 Å². The molecule has 0 spiro atoms. The number of aryl methyl sites for hydroxylation is 1. The summed E-state index contributed by atoms with van der Waals surface area (Å²) in [6, 6.07) is 8.21. The number of nitrogens with two attached hydrogens (primary N) is 1. The van der Waals surface area contributed by atoms with Crippen molar-refractivity contribution in [2.24, 2.45) is 5.73 Å². The summed E-state index contributed by atoms with van der Waals surface area (Å²) in [6.45, 7) is 2.83. The molecule has 0 saturated carbocycles. The maximum atomic E-state index is 11.8. The highest BCUT2D eigenvalue weighted by Gasteiger charge is 2.10. The standard InChI is InChI=1S/C15H25NO2S/c1-3-5-13-6-8-14(9-7-13)15(16)12-19(17)11-4-10-18-2/h6-9,15H,3-5,10-12,16H2,1-2H3. The minimum absolute atomic E-state index is 0.140. The molecule has 0 bridgehead atoms. The first kappa shape index (κ1) is 16.3. The van der Waals surface area contributed by atoms with E-state index in [0.717, 1.165) is 24.8 Å². The minimum atomic E-state index is -0.866. The molecular formula is C15H25NO2S. The number of rotatable bonds is 9. The summed E-state index contributed by atoms with van der Waals surface area (Å²) < 4.78 is 16.8. The highest BCUT2D eigenvalue weighted by atomic mass is 32.2. The van der Waals surface area contributed by atoms with Crippen molar-refractivity contribution < 1.29 is 8.95 Å². The molecule has 0 amide bonds. The van der Waals surface area contributed by atoms with Crippen LogP contribution in [0.2, 0.25) is 0 Å². The van der Waals surface area contributed by atoms with Gasteiger partial charge in [0.25, 0.3) is 0 Å². The molecule has 0 fully saturated rings. The molecule has 0 saturated heterocycles. The molecule has 1 aromatic carbocycles. The van der Waals surface area contributed by atoms with Gasteiger partial charge in [-0.1, -0.05) is 37.6 Å². The third-order valence-corrected chi connectivity index (χ3v) is 4.51. The zero-order valence-electron chi connectivity index (χ0n) is 11.9. The molecular weight excluding hydrogens is 258 g/mol. The van der Waals surface area contributed by atoms with Crippen molar-refractivity contribution in [2.45, 2.75) is 32.2 Å². The van der Waals surface area contributed by atoms with Crippen LogP contribution in [0.15, 0.2) is 24.3 Å². The second-order valence-electron chi connectivity index (χ2n) is 4.76. The fourth-order valence-corrected chi connectivity index (χ4v) is 3.16. The zero-order chi connectivity index (χ0) is 14.1. The van der Waals surface area contributed by atoms with Gasteiger partial charge in [-0.05, 0) is 24.0 Å². The van der Waals surface area contributed by atoms with Crippen LogP contribution >= 0.6 is 0 Å². The van der Waals surface area contributed by atoms with Crippen LogP contribution < -0.4 is 5.73 Å². The molecule has 0 radical (unpaired) electrons.